The number of nitrogens with zero attached hydrogens (tertiary/aromatic N) is 2. The largest absolute Gasteiger partial charge is 0.508 e. The van der Waals surface area contributed by atoms with E-state index in [1.807, 2.05) is 30.3 Å². The highest BCUT2D eigenvalue weighted by molar-refractivity contribution is 5.98. The van der Waals surface area contributed by atoms with E-state index < -0.39 is 5.91 Å². The summed E-state index contributed by atoms with van der Waals surface area (Å²) >= 11 is 0. The van der Waals surface area contributed by atoms with Gasteiger partial charge in [0, 0.05) is 24.0 Å². The minimum atomic E-state index is -0.618. The van der Waals surface area contributed by atoms with Crippen LogP contribution in [0.25, 0.3) is 11.1 Å². The van der Waals surface area contributed by atoms with E-state index in [9.17, 15) is 9.90 Å². The van der Waals surface area contributed by atoms with Crippen molar-refractivity contribution in [2.75, 3.05) is 10.6 Å². The Bertz CT molecular complexity index is 1090. The van der Waals surface area contributed by atoms with E-state index in [2.05, 4.69) is 20.6 Å². The molecular formula is C23H26N6O2. The first kappa shape index (κ1) is 20.6. The van der Waals surface area contributed by atoms with Gasteiger partial charge in [-0.05, 0) is 48.2 Å². The molecule has 0 spiro atoms. The normalized spacial score (nSPS) is 18.4. The van der Waals surface area contributed by atoms with Gasteiger partial charge in [-0.2, -0.15) is 4.98 Å². The first-order valence-electron chi connectivity index (χ1n) is 10.3. The number of aromatic nitrogens is 2. The molecule has 1 amide bonds. The number of carbonyl (C=O) groups excluding carboxylic acids is 1. The molecule has 8 heteroatoms. The van der Waals surface area contributed by atoms with Crippen molar-refractivity contribution in [3.8, 4) is 16.9 Å². The summed E-state index contributed by atoms with van der Waals surface area (Å²) in [6.45, 7) is 0. The molecule has 1 aromatic heterocycles. The van der Waals surface area contributed by atoms with E-state index in [-0.39, 0.29) is 23.4 Å². The van der Waals surface area contributed by atoms with Crippen molar-refractivity contribution in [1.29, 1.82) is 0 Å². The Hall–Kier alpha value is -3.65. The zero-order valence-corrected chi connectivity index (χ0v) is 17.1. The Morgan fingerprint density at radius 1 is 1.06 bits per heavy atom. The molecule has 3 aromatic rings. The smallest absolute Gasteiger partial charge is 0.254 e. The number of amides is 1. The summed E-state index contributed by atoms with van der Waals surface area (Å²) in [5, 5.41) is 16.2. The van der Waals surface area contributed by atoms with Crippen LogP contribution in [0.5, 0.6) is 5.75 Å². The molecule has 0 saturated heterocycles. The molecule has 31 heavy (non-hydrogen) atoms. The summed E-state index contributed by atoms with van der Waals surface area (Å²) in [7, 11) is 0. The molecule has 0 aliphatic heterocycles. The van der Waals surface area contributed by atoms with Gasteiger partial charge in [0.1, 0.15) is 17.1 Å². The van der Waals surface area contributed by atoms with Crippen LogP contribution in [0, 0.1) is 0 Å². The number of primary amides is 1. The highest BCUT2D eigenvalue weighted by Crippen LogP contribution is 2.28. The average molecular weight is 419 g/mol. The Kier molecular flexibility index (Phi) is 5.99. The van der Waals surface area contributed by atoms with Crippen LogP contribution < -0.4 is 22.1 Å². The van der Waals surface area contributed by atoms with Crippen molar-refractivity contribution in [1.82, 2.24) is 9.97 Å². The predicted octanol–water partition coefficient (Wildman–Crippen LogP) is 3.37. The molecule has 160 valence electrons. The molecule has 1 aliphatic carbocycles. The molecular weight excluding hydrogens is 392 g/mol. The third-order valence-corrected chi connectivity index (χ3v) is 5.49. The Balaban J connectivity index is 1.61. The number of hydrogen-bond acceptors (Lipinski definition) is 7. The van der Waals surface area contributed by atoms with Gasteiger partial charge in [-0.25, -0.2) is 4.98 Å². The summed E-state index contributed by atoms with van der Waals surface area (Å²) in [5.74, 6) is 0.299. The maximum atomic E-state index is 11.9. The number of benzene rings is 2. The summed E-state index contributed by atoms with van der Waals surface area (Å²) in [6.07, 6.45) is 5.58. The fraction of sp³-hybridized carbons (Fsp3) is 0.261. The van der Waals surface area contributed by atoms with Crippen LogP contribution in [0.15, 0.2) is 54.7 Å². The Morgan fingerprint density at radius 3 is 2.55 bits per heavy atom. The summed E-state index contributed by atoms with van der Waals surface area (Å²) in [6, 6.07) is 14.7. The van der Waals surface area contributed by atoms with E-state index in [4.69, 9.17) is 11.5 Å². The quantitative estimate of drug-likeness (QED) is 0.413. The topological polar surface area (TPSA) is 139 Å². The van der Waals surface area contributed by atoms with Crippen LogP contribution in [-0.4, -0.2) is 33.1 Å². The second-order valence-corrected chi connectivity index (χ2v) is 7.78. The van der Waals surface area contributed by atoms with E-state index in [0.717, 1.165) is 42.5 Å². The Labute approximate surface area is 180 Å². The van der Waals surface area contributed by atoms with Gasteiger partial charge in [0.25, 0.3) is 5.91 Å². The van der Waals surface area contributed by atoms with Gasteiger partial charge in [-0.15, -0.1) is 0 Å². The van der Waals surface area contributed by atoms with Crippen molar-refractivity contribution in [2.24, 2.45) is 11.5 Å². The van der Waals surface area contributed by atoms with E-state index in [0.29, 0.717) is 11.8 Å². The number of aromatic hydroxyl groups is 1. The van der Waals surface area contributed by atoms with Crippen molar-refractivity contribution < 1.29 is 9.90 Å². The number of carbonyl (C=O) groups is 1. The zero-order valence-electron chi connectivity index (χ0n) is 17.1. The first-order chi connectivity index (χ1) is 15.0. The minimum Gasteiger partial charge on any atom is -0.508 e. The number of phenols is 1. The van der Waals surface area contributed by atoms with Gasteiger partial charge in [0.05, 0.1) is 0 Å². The maximum absolute atomic E-state index is 11.9. The molecule has 4 rings (SSSR count). The van der Waals surface area contributed by atoms with Gasteiger partial charge in [0.2, 0.25) is 5.95 Å². The number of hydrogen-bond donors (Lipinski definition) is 5. The average Bonchev–Trinajstić information content (AvgIpc) is 2.75. The monoisotopic (exact) mass is 418 g/mol. The summed E-state index contributed by atoms with van der Waals surface area (Å²) in [4.78, 5) is 20.7. The van der Waals surface area contributed by atoms with Crippen LogP contribution in [-0.2, 0) is 0 Å². The number of rotatable bonds is 6. The molecule has 7 N–H and O–H groups in total. The summed E-state index contributed by atoms with van der Waals surface area (Å²) in [5.41, 5.74) is 14.5. The highest BCUT2D eigenvalue weighted by atomic mass is 16.3. The summed E-state index contributed by atoms with van der Waals surface area (Å²) < 4.78 is 0. The van der Waals surface area contributed by atoms with Crippen LogP contribution >= 0.6 is 0 Å². The van der Waals surface area contributed by atoms with E-state index >= 15 is 0 Å². The van der Waals surface area contributed by atoms with Crippen LogP contribution in [0.4, 0.5) is 17.5 Å². The van der Waals surface area contributed by atoms with Gasteiger partial charge in [-0.1, -0.05) is 37.1 Å². The third kappa shape index (κ3) is 4.92. The molecule has 8 nitrogen and oxygen atoms in total. The molecule has 0 radical (unpaired) electrons. The number of nitrogens with two attached hydrogens (primary N) is 2. The first-order valence-corrected chi connectivity index (χ1v) is 10.3. The molecule has 1 aliphatic rings. The maximum Gasteiger partial charge on any atom is 0.254 e. The van der Waals surface area contributed by atoms with Crippen LogP contribution in [0.1, 0.15) is 36.0 Å². The number of nitrogens with one attached hydrogen (secondary N) is 2. The molecule has 2 atom stereocenters. The fourth-order valence-corrected chi connectivity index (χ4v) is 3.83. The standard InChI is InChI=1S/C23H26N6O2/c24-19-9-1-2-10-20(19)28-23-26-13-18(21(25)31)22(29-23)27-16-7-3-5-14(11-16)15-6-4-8-17(30)12-15/h3-8,11-13,19-20,30H,1-2,9-10,24H2,(H2,25,31)(H2,26,27,28,29)/t19?,20-/m1/s1. The van der Waals surface area contributed by atoms with E-state index in [1.54, 1.807) is 18.2 Å². The number of phenolic OH excluding ortho intramolecular Hbond substituents is 1. The van der Waals surface area contributed by atoms with Crippen molar-refractivity contribution in [2.45, 2.75) is 37.8 Å². The number of anilines is 3. The van der Waals surface area contributed by atoms with E-state index in [1.165, 1.54) is 6.20 Å². The van der Waals surface area contributed by atoms with Gasteiger partial charge >= 0.3 is 0 Å². The van der Waals surface area contributed by atoms with Crippen LogP contribution in [0.2, 0.25) is 0 Å². The third-order valence-electron chi connectivity index (χ3n) is 5.49. The predicted molar refractivity (Wildman–Crippen MR) is 121 cm³/mol. The van der Waals surface area contributed by atoms with Crippen molar-refractivity contribution in [3.63, 3.8) is 0 Å². The molecule has 1 heterocycles. The lowest BCUT2D eigenvalue weighted by Gasteiger charge is -2.29. The van der Waals surface area contributed by atoms with Gasteiger partial charge in [-0.3, -0.25) is 4.79 Å². The molecule has 1 fully saturated rings. The lowest BCUT2D eigenvalue weighted by atomic mass is 9.91. The second kappa shape index (κ2) is 9.01. The minimum absolute atomic E-state index is 0.0449. The zero-order chi connectivity index (χ0) is 21.8. The van der Waals surface area contributed by atoms with Gasteiger partial charge < -0.3 is 27.2 Å². The molecule has 0 bridgehead atoms. The lowest BCUT2D eigenvalue weighted by Crippen LogP contribution is -2.43. The molecule has 1 unspecified atom stereocenters. The Morgan fingerprint density at radius 2 is 1.81 bits per heavy atom. The molecule has 1 saturated carbocycles. The fourth-order valence-electron chi connectivity index (χ4n) is 3.83. The SMILES string of the molecule is NC(=O)c1cnc(N[C@@H]2CCCCC2N)nc1Nc1cccc(-c2cccc(O)c2)c1. The lowest BCUT2D eigenvalue weighted by molar-refractivity contribution is 0.100. The van der Waals surface area contributed by atoms with Crippen molar-refractivity contribution in [3.05, 3.63) is 60.3 Å². The van der Waals surface area contributed by atoms with Crippen LogP contribution in [0.3, 0.4) is 0 Å². The van der Waals surface area contributed by atoms with Gasteiger partial charge in [0.15, 0.2) is 0 Å². The second-order valence-electron chi connectivity index (χ2n) is 7.78. The molecule has 2 aromatic carbocycles. The highest BCUT2D eigenvalue weighted by Gasteiger charge is 2.23. The van der Waals surface area contributed by atoms with Crippen molar-refractivity contribution >= 4 is 23.4 Å².